The molecule has 0 spiro atoms. The lowest BCUT2D eigenvalue weighted by Gasteiger charge is -2.16. The molecule has 35 heavy (non-hydrogen) atoms. The molecule has 172 valence electrons. The van der Waals surface area contributed by atoms with E-state index >= 15 is 0 Å². The average molecular weight is 483 g/mol. The molecule has 4 aromatic rings. The molecule has 0 saturated heterocycles. The SMILES string of the molecule is O=C1C(Nc2ccc(F)cc2)=C(Sc2ccccc2)C(=O)N1c1ccc(Oc2ccccc2)cc1. The number of nitrogens with zero attached hydrogens (tertiary/aromatic N) is 1. The van der Waals surface area contributed by atoms with Gasteiger partial charge in [-0.2, -0.15) is 0 Å². The lowest BCUT2D eigenvalue weighted by Crippen LogP contribution is -2.32. The van der Waals surface area contributed by atoms with Crippen LogP contribution in [0.1, 0.15) is 0 Å². The van der Waals surface area contributed by atoms with Gasteiger partial charge in [-0.3, -0.25) is 9.59 Å². The molecule has 1 aliphatic heterocycles. The van der Waals surface area contributed by atoms with Crippen LogP contribution < -0.4 is 15.0 Å². The van der Waals surface area contributed by atoms with E-state index in [0.717, 1.165) is 9.80 Å². The maximum absolute atomic E-state index is 13.4. The highest BCUT2D eigenvalue weighted by molar-refractivity contribution is 8.04. The molecule has 0 saturated carbocycles. The first-order chi connectivity index (χ1) is 17.1. The molecule has 1 N–H and O–H groups in total. The van der Waals surface area contributed by atoms with Crippen molar-refractivity contribution in [1.29, 1.82) is 0 Å². The minimum atomic E-state index is -0.491. The Morgan fingerprint density at radius 1 is 0.686 bits per heavy atom. The number of para-hydroxylation sites is 1. The van der Waals surface area contributed by atoms with Crippen LogP contribution >= 0.6 is 11.8 Å². The molecule has 0 radical (unpaired) electrons. The zero-order valence-corrected chi connectivity index (χ0v) is 19.2. The number of carbonyl (C=O) groups is 2. The Hall–Kier alpha value is -4.36. The van der Waals surface area contributed by atoms with Crippen LogP contribution in [0.2, 0.25) is 0 Å². The first-order valence-electron chi connectivity index (χ1n) is 10.8. The maximum Gasteiger partial charge on any atom is 0.283 e. The van der Waals surface area contributed by atoms with E-state index in [4.69, 9.17) is 4.74 Å². The lowest BCUT2D eigenvalue weighted by molar-refractivity contribution is -0.120. The van der Waals surface area contributed by atoms with Gasteiger partial charge in [0.05, 0.1) is 5.69 Å². The van der Waals surface area contributed by atoms with Crippen LogP contribution in [0.4, 0.5) is 15.8 Å². The van der Waals surface area contributed by atoms with E-state index in [9.17, 15) is 14.0 Å². The second kappa shape index (κ2) is 9.87. The number of thioether (sulfide) groups is 1. The van der Waals surface area contributed by atoms with Gasteiger partial charge in [-0.05, 0) is 72.8 Å². The molecule has 5 rings (SSSR count). The normalized spacial score (nSPS) is 13.3. The minimum absolute atomic E-state index is 0.139. The number of imide groups is 1. The van der Waals surface area contributed by atoms with Gasteiger partial charge in [0.1, 0.15) is 27.9 Å². The number of halogens is 1. The van der Waals surface area contributed by atoms with E-state index in [0.29, 0.717) is 22.9 Å². The van der Waals surface area contributed by atoms with Crippen LogP contribution in [0, 0.1) is 5.82 Å². The first kappa shape index (κ1) is 22.4. The second-order valence-corrected chi connectivity index (χ2v) is 8.69. The summed E-state index contributed by atoms with van der Waals surface area (Å²) in [5, 5.41) is 3.02. The Labute approximate surface area is 205 Å². The van der Waals surface area contributed by atoms with E-state index in [1.54, 1.807) is 24.3 Å². The van der Waals surface area contributed by atoms with E-state index in [2.05, 4.69) is 5.32 Å². The Morgan fingerprint density at radius 3 is 1.94 bits per heavy atom. The Bertz CT molecular complexity index is 1390. The largest absolute Gasteiger partial charge is 0.457 e. The molecular formula is C28H19FN2O3S. The number of benzene rings is 4. The fourth-order valence-corrected chi connectivity index (χ4v) is 4.47. The first-order valence-corrected chi connectivity index (χ1v) is 11.6. The van der Waals surface area contributed by atoms with Crippen LogP contribution in [0.25, 0.3) is 0 Å². The van der Waals surface area contributed by atoms with Gasteiger partial charge in [-0.1, -0.05) is 48.2 Å². The van der Waals surface area contributed by atoms with Gasteiger partial charge in [0, 0.05) is 10.6 Å². The minimum Gasteiger partial charge on any atom is -0.457 e. The Balaban J connectivity index is 1.44. The Morgan fingerprint density at radius 2 is 1.29 bits per heavy atom. The number of nitrogens with one attached hydrogen (secondary N) is 1. The molecule has 0 aromatic heterocycles. The molecular weight excluding hydrogens is 463 g/mol. The van der Waals surface area contributed by atoms with Crippen LogP contribution in [-0.2, 0) is 9.59 Å². The third-order valence-electron chi connectivity index (χ3n) is 5.19. The smallest absolute Gasteiger partial charge is 0.283 e. The van der Waals surface area contributed by atoms with Crippen molar-refractivity contribution in [3.05, 3.63) is 126 Å². The number of anilines is 2. The average Bonchev–Trinajstić information content (AvgIpc) is 3.11. The highest BCUT2D eigenvalue weighted by Crippen LogP contribution is 2.38. The number of amides is 2. The van der Waals surface area contributed by atoms with E-state index in [1.807, 2.05) is 60.7 Å². The second-order valence-electron chi connectivity index (χ2n) is 7.61. The molecule has 5 nitrogen and oxygen atoms in total. The fraction of sp³-hybridized carbons (Fsp3) is 0. The molecule has 2 amide bonds. The van der Waals surface area contributed by atoms with Gasteiger partial charge in [-0.25, -0.2) is 9.29 Å². The molecule has 1 aliphatic rings. The van der Waals surface area contributed by atoms with Crippen molar-refractivity contribution in [3.8, 4) is 11.5 Å². The number of carbonyl (C=O) groups excluding carboxylic acids is 2. The maximum atomic E-state index is 13.4. The third-order valence-corrected chi connectivity index (χ3v) is 6.28. The van der Waals surface area contributed by atoms with Crippen molar-refractivity contribution >= 4 is 35.0 Å². The number of rotatable bonds is 7. The summed E-state index contributed by atoms with van der Waals surface area (Å²) in [7, 11) is 0. The van der Waals surface area contributed by atoms with Crippen molar-refractivity contribution in [1.82, 2.24) is 0 Å². The van der Waals surface area contributed by atoms with Gasteiger partial charge in [-0.15, -0.1) is 0 Å². The van der Waals surface area contributed by atoms with Crippen LogP contribution in [0.15, 0.2) is 125 Å². The van der Waals surface area contributed by atoms with Gasteiger partial charge >= 0.3 is 0 Å². The summed E-state index contributed by atoms with van der Waals surface area (Å²) in [6.07, 6.45) is 0. The summed E-state index contributed by atoms with van der Waals surface area (Å²) in [6.45, 7) is 0. The topological polar surface area (TPSA) is 58.6 Å². The number of ether oxygens (including phenoxy) is 1. The summed E-state index contributed by atoms with van der Waals surface area (Å²) in [6, 6.07) is 31.0. The van der Waals surface area contributed by atoms with E-state index in [1.165, 1.54) is 36.0 Å². The standard InChI is InChI=1S/C28H19FN2O3S/c29-19-11-13-20(14-12-19)30-25-26(35-24-9-5-2-6-10-24)28(33)31(27(25)32)21-15-17-23(18-16-21)34-22-7-3-1-4-8-22/h1-18,30H. The summed E-state index contributed by atoms with van der Waals surface area (Å²) < 4.78 is 19.2. The number of hydrogen-bond donors (Lipinski definition) is 1. The quantitative estimate of drug-likeness (QED) is 0.301. The van der Waals surface area contributed by atoms with E-state index < -0.39 is 17.6 Å². The zero-order valence-electron chi connectivity index (χ0n) is 18.4. The highest BCUT2D eigenvalue weighted by Gasteiger charge is 2.40. The van der Waals surface area contributed by atoms with Gasteiger partial charge < -0.3 is 10.1 Å². The van der Waals surface area contributed by atoms with E-state index in [-0.39, 0.29) is 10.6 Å². The van der Waals surface area contributed by atoms with Crippen molar-refractivity contribution in [2.45, 2.75) is 4.90 Å². The fourth-order valence-electron chi connectivity index (χ4n) is 3.52. The number of hydrogen-bond acceptors (Lipinski definition) is 5. The van der Waals surface area contributed by atoms with Gasteiger partial charge in [0.25, 0.3) is 11.8 Å². The molecule has 1 heterocycles. The van der Waals surface area contributed by atoms with Crippen LogP contribution in [-0.4, -0.2) is 11.8 Å². The predicted molar refractivity (Wildman–Crippen MR) is 135 cm³/mol. The van der Waals surface area contributed by atoms with Crippen molar-refractivity contribution in [3.63, 3.8) is 0 Å². The highest BCUT2D eigenvalue weighted by atomic mass is 32.2. The van der Waals surface area contributed by atoms with Crippen LogP contribution in [0.5, 0.6) is 11.5 Å². The molecule has 7 heteroatoms. The Kier molecular flexibility index (Phi) is 6.32. The lowest BCUT2D eigenvalue weighted by atomic mass is 10.2. The molecule has 0 aliphatic carbocycles. The molecule has 0 atom stereocenters. The van der Waals surface area contributed by atoms with Crippen molar-refractivity contribution < 1.29 is 18.7 Å². The van der Waals surface area contributed by atoms with Crippen molar-refractivity contribution in [2.24, 2.45) is 0 Å². The molecule has 0 unspecified atom stereocenters. The summed E-state index contributed by atoms with van der Waals surface area (Å²) in [5.74, 6) is -0.0607. The molecule has 4 aromatic carbocycles. The summed E-state index contributed by atoms with van der Waals surface area (Å²) in [4.78, 5) is 29.1. The molecule has 0 bridgehead atoms. The van der Waals surface area contributed by atoms with Crippen LogP contribution in [0.3, 0.4) is 0 Å². The predicted octanol–water partition coefficient (Wildman–Crippen LogP) is 6.61. The monoisotopic (exact) mass is 482 g/mol. The third kappa shape index (κ3) is 4.95. The van der Waals surface area contributed by atoms with Crippen molar-refractivity contribution in [2.75, 3.05) is 10.2 Å². The van der Waals surface area contributed by atoms with Gasteiger partial charge in [0.2, 0.25) is 0 Å². The summed E-state index contributed by atoms with van der Waals surface area (Å²) >= 11 is 1.20. The summed E-state index contributed by atoms with van der Waals surface area (Å²) in [5.41, 5.74) is 1.06. The van der Waals surface area contributed by atoms with Gasteiger partial charge in [0.15, 0.2) is 0 Å². The zero-order chi connectivity index (χ0) is 24.2. The molecule has 0 fully saturated rings.